The Balaban J connectivity index is 2.54. The van der Waals surface area contributed by atoms with Crippen molar-refractivity contribution in [2.24, 2.45) is 0 Å². The lowest BCUT2D eigenvalue weighted by molar-refractivity contribution is -0.107. The number of methoxy groups -OCH3 is 2. The number of anilines is 1. The van der Waals surface area contributed by atoms with Crippen molar-refractivity contribution < 1.29 is 19.1 Å². The number of amides is 1. The number of nitrogens with zero attached hydrogens (tertiary/aromatic N) is 2. The molecule has 2 aromatic rings. The largest absolute Gasteiger partial charge is 0.491 e. The van der Waals surface area contributed by atoms with E-state index in [4.69, 9.17) is 21.1 Å². The molecular weight excluding hydrogens is 296 g/mol. The van der Waals surface area contributed by atoms with Gasteiger partial charge >= 0.3 is 0 Å². The van der Waals surface area contributed by atoms with E-state index in [1.54, 1.807) is 6.20 Å². The number of carbonyl (C=O) groups is 2. The molecule has 0 saturated heterocycles. The van der Waals surface area contributed by atoms with Crippen LogP contribution in [0.3, 0.4) is 0 Å². The third kappa shape index (κ3) is 1.72. The van der Waals surface area contributed by atoms with Crippen LogP contribution < -0.4 is 14.4 Å². The Hall–Kier alpha value is -2.21. The maximum absolute atomic E-state index is 11.3. The summed E-state index contributed by atoms with van der Waals surface area (Å²) in [6.07, 6.45) is 3.81. The number of halogens is 1. The van der Waals surface area contributed by atoms with E-state index >= 15 is 0 Å². The molecule has 3 rings (SSSR count). The van der Waals surface area contributed by atoms with Gasteiger partial charge in [-0.05, 0) is 12.0 Å². The maximum Gasteiger partial charge on any atom is 0.218 e. The molecule has 6 nitrogen and oxygen atoms in total. The average molecular weight is 309 g/mol. The fraction of sp³-hybridized carbons (Fsp3) is 0.286. The number of ether oxygens (including phenoxy) is 2. The first-order valence-corrected chi connectivity index (χ1v) is 6.69. The van der Waals surface area contributed by atoms with E-state index in [-0.39, 0.29) is 0 Å². The highest BCUT2D eigenvalue weighted by molar-refractivity contribution is 6.38. The maximum atomic E-state index is 11.3. The zero-order chi connectivity index (χ0) is 15.1. The van der Waals surface area contributed by atoms with Crippen molar-refractivity contribution in [2.45, 2.75) is 6.42 Å². The molecule has 7 heteroatoms. The summed E-state index contributed by atoms with van der Waals surface area (Å²) in [6.45, 7) is 0.504. The molecular formula is C14H13ClN2O4. The second-order valence-corrected chi connectivity index (χ2v) is 5.05. The van der Waals surface area contributed by atoms with Crippen LogP contribution in [0.25, 0.3) is 10.9 Å². The molecule has 0 saturated carbocycles. The molecule has 1 aliphatic rings. The Morgan fingerprint density at radius 3 is 2.48 bits per heavy atom. The van der Waals surface area contributed by atoms with E-state index in [0.29, 0.717) is 47.1 Å². The van der Waals surface area contributed by atoms with Gasteiger partial charge in [-0.25, -0.2) is 0 Å². The van der Waals surface area contributed by atoms with E-state index in [9.17, 15) is 9.59 Å². The van der Waals surface area contributed by atoms with Crippen LogP contribution in [0.1, 0.15) is 5.56 Å². The van der Waals surface area contributed by atoms with Crippen molar-refractivity contribution in [1.29, 1.82) is 0 Å². The quantitative estimate of drug-likeness (QED) is 0.809. The summed E-state index contributed by atoms with van der Waals surface area (Å²) in [5, 5.41) is 1.06. The van der Waals surface area contributed by atoms with Crippen LogP contribution >= 0.6 is 11.6 Å². The molecule has 0 N–H and O–H groups in total. The first-order chi connectivity index (χ1) is 10.2. The van der Waals surface area contributed by atoms with Crippen LogP contribution in [-0.4, -0.2) is 38.2 Å². The second kappa shape index (κ2) is 4.96. The lowest BCUT2D eigenvalue weighted by Crippen LogP contribution is -2.27. The van der Waals surface area contributed by atoms with Crippen LogP contribution in [0.4, 0.5) is 5.69 Å². The molecule has 0 unspecified atom stereocenters. The predicted octanol–water partition coefficient (Wildman–Crippen LogP) is 1.87. The first kappa shape index (κ1) is 13.8. The van der Waals surface area contributed by atoms with Crippen LogP contribution in [0.5, 0.6) is 11.5 Å². The standard InChI is InChI=1S/C14H13ClN2O4/c1-20-13-10(15)11-9-8(3-4-16(11)6-18)5-17(7-19)12(9)14(13)21-2/h5-7H,3-4H2,1-2H3. The monoisotopic (exact) mass is 308 g/mol. The highest BCUT2D eigenvalue weighted by atomic mass is 35.5. The zero-order valence-corrected chi connectivity index (χ0v) is 12.3. The summed E-state index contributed by atoms with van der Waals surface area (Å²) in [7, 11) is 2.95. The van der Waals surface area contributed by atoms with Gasteiger partial charge in [0.25, 0.3) is 0 Å². The Morgan fingerprint density at radius 2 is 1.90 bits per heavy atom. The first-order valence-electron chi connectivity index (χ1n) is 6.32. The van der Waals surface area contributed by atoms with Gasteiger partial charge in [-0.1, -0.05) is 11.6 Å². The number of carbonyl (C=O) groups excluding carboxylic acids is 2. The van der Waals surface area contributed by atoms with Gasteiger partial charge < -0.3 is 14.4 Å². The van der Waals surface area contributed by atoms with Gasteiger partial charge in [-0.15, -0.1) is 0 Å². The molecule has 1 aromatic carbocycles. The van der Waals surface area contributed by atoms with Crippen molar-refractivity contribution in [3.8, 4) is 11.5 Å². The fourth-order valence-electron chi connectivity index (χ4n) is 2.87. The molecule has 0 atom stereocenters. The van der Waals surface area contributed by atoms with Crippen molar-refractivity contribution in [3.05, 3.63) is 16.8 Å². The minimum atomic E-state index is 0.304. The molecule has 2 heterocycles. The summed E-state index contributed by atoms with van der Waals surface area (Å²) in [4.78, 5) is 24.2. The van der Waals surface area contributed by atoms with Gasteiger partial charge in [0.05, 0.1) is 19.9 Å². The Bertz CT molecular complexity index is 753. The molecule has 1 aromatic heterocycles. The van der Waals surface area contributed by atoms with Gasteiger partial charge in [0.1, 0.15) is 10.5 Å². The number of rotatable bonds is 4. The van der Waals surface area contributed by atoms with E-state index < -0.39 is 0 Å². The highest BCUT2D eigenvalue weighted by Gasteiger charge is 2.30. The van der Waals surface area contributed by atoms with E-state index in [1.165, 1.54) is 23.7 Å². The van der Waals surface area contributed by atoms with Gasteiger partial charge in [0.2, 0.25) is 12.8 Å². The minimum Gasteiger partial charge on any atom is -0.491 e. The number of hydrogen-bond donors (Lipinski definition) is 0. The van der Waals surface area contributed by atoms with E-state index in [1.807, 2.05) is 0 Å². The summed E-state index contributed by atoms with van der Waals surface area (Å²) in [5.74, 6) is 0.690. The van der Waals surface area contributed by atoms with Crippen LogP contribution in [0, 0.1) is 0 Å². The third-order valence-corrected chi connectivity index (χ3v) is 4.09. The second-order valence-electron chi connectivity index (χ2n) is 4.67. The Kier molecular flexibility index (Phi) is 3.25. The van der Waals surface area contributed by atoms with Crippen molar-refractivity contribution in [1.82, 2.24) is 4.57 Å². The van der Waals surface area contributed by atoms with Gasteiger partial charge in [0.15, 0.2) is 11.5 Å². The average Bonchev–Trinajstić information content (AvgIpc) is 2.89. The van der Waals surface area contributed by atoms with Crippen molar-refractivity contribution in [3.63, 3.8) is 0 Å². The van der Waals surface area contributed by atoms with Crippen molar-refractivity contribution >= 4 is 41.0 Å². The molecule has 0 aliphatic carbocycles. The molecule has 1 amide bonds. The highest BCUT2D eigenvalue weighted by Crippen LogP contribution is 2.51. The molecule has 21 heavy (non-hydrogen) atoms. The van der Waals surface area contributed by atoms with Crippen LogP contribution in [0.15, 0.2) is 6.20 Å². The Morgan fingerprint density at radius 1 is 1.19 bits per heavy atom. The molecule has 0 radical (unpaired) electrons. The van der Waals surface area contributed by atoms with E-state index in [0.717, 1.165) is 17.4 Å². The van der Waals surface area contributed by atoms with Crippen molar-refractivity contribution in [2.75, 3.05) is 25.7 Å². The number of hydrogen-bond acceptors (Lipinski definition) is 4. The zero-order valence-electron chi connectivity index (χ0n) is 11.6. The van der Waals surface area contributed by atoms with Gasteiger partial charge in [-0.3, -0.25) is 14.2 Å². The van der Waals surface area contributed by atoms with Gasteiger partial charge in [-0.2, -0.15) is 0 Å². The summed E-state index contributed by atoms with van der Waals surface area (Å²) >= 11 is 6.40. The predicted molar refractivity (Wildman–Crippen MR) is 79.3 cm³/mol. The summed E-state index contributed by atoms with van der Waals surface area (Å²) < 4.78 is 12.1. The molecule has 0 spiro atoms. The SMILES string of the molecule is COc1c(Cl)c2c3c(cn(C=O)c3c1OC)CCN2C=O. The Labute approximate surface area is 125 Å². The van der Waals surface area contributed by atoms with Gasteiger partial charge in [0, 0.05) is 18.1 Å². The number of benzene rings is 1. The topological polar surface area (TPSA) is 60.8 Å². The fourth-order valence-corrected chi connectivity index (χ4v) is 3.24. The normalized spacial score (nSPS) is 13.4. The van der Waals surface area contributed by atoms with Crippen LogP contribution in [0.2, 0.25) is 5.02 Å². The molecule has 0 fully saturated rings. The third-order valence-electron chi connectivity index (χ3n) is 3.73. The lowest BCUT2D eigenvalue weighted by atomic mass is 10.0. The number of aromatic nitrogens is 1. The smallest absolute Gasteiger partial charge is 0.218 e. The summed E-state index contributed by atoms with van der Waals surface area (Å²) in [6, 6.07) is 0. The molecule has 1 aliphatic heterocycles. The summed E-state index contributed by atoms with van der Waals surface area (Å²) in [5.41, 5.74) is 2.07. The van der Waals surface area contributed by atoms with E-state index in [2.05, 4.69) is 0 Å². The van der Waals surface area contributed by atoms with Crippen LogP contribution in [-0.2, 0) is 16.0 Å². The minimum absolute atomic E-state index is 0.304. The molecule has 0 bridgehead atoms. The lowest BCUT2D eigenvalue weighted by Gasteiger charge is -2.26. The molecule has 110 valence electrons.